The van der Waals surface area contributed by atoms with E-state index in [2.05, 4.69) is 15.9 Å². The summed E-state index contributed by atoms with van der Waals surface area (Å²) >= 11 is 2.90. The van der Waals surface area contributed by atoms with Gasteiger partial charge in [-0.3, -0.25) is 0 Å². The minimum Gasteiger partial charge on any atom is -0.323 e. The van der Waals surface area contributed by atoms with Gasteiger partial charge in [-0.1, -0.05) is 0 Å². The molecule has 0 amide bonds. The number of halogens is 3. The van der Waals surface area contributed by atoms with Crippen LogP contribution >= 0.6 is 15.9 Å². The van der Waals surface area contributed by atoms with Crippen molar-refractivity contribution >= 4 is 25.8 Å². The molecule has 0 aliphatic rings. The Kier molecular flexibility index (Phi) is 4.27. The molecule has 1 aromatic rings. The summed E-state index contributed by atoms with van der Waals surface area (Å²) in [5, 5.41) is -1.07. The van der Waals surface area contributed by atoms with Crippen LogP contribution in [0.4, 0.5) is 8.78 Å². The Morgan fingerprint density at radius 3 is 2.35 bits per heavy atom. The largest absolute Gasteiger partial charge is 0.323 e. The highest BCUT2D eigenvalue weighted by Gasteiger charge is 2.29. The molecule has 0 saturated carbocycles. The van der Waals surface area contributed by atoms with E-state index in [1.54, 1.807) is 0 Å². The zero-order valence-electron chi connectivity index (χ0n) is 9.25. The molecule has 0 aromatic heterocycles. The fraction of sp³-hybridized carbons (Fsp3) is 0.400. The van der Waals surface area contributed by atoms with Gasteiger partial charge in [0.15, 0.2) is 9.84 Å². The molecule has 2 unspecified atom stereocenters. The molecule has 0 saturated heterocycles. The zero-order valence-corrected chi connectivity index (χ0v) is 11.6. The Hall–Kier alpha value is -0.530. The maximum absolute atomic E-state index is 13.7. The van der Waals surface area contributed by atoms with Crippen molar-refractivity contribution in [2.24, 2.45) is 5.73 Å². The Balaban J connectivity index is 3.31. The number of benzene rings is 1. The van der Waals surface area contributed by atoms with E-state index in [4.69, 9.17) is 5.73 Å². The van der Waals surface area contributed by atoms with Crippen LogP contribution in [0.2, 0.25) is 0 Å². The third kappa shape index (κ3) is 3.02. The van der Waals surface area contributed by atoms with Gasteiger partial charge >= 0.3 is 0 Å². The number of nitrogens with two attached hydrogens (primary N) is 1. The first-order chi connectivity index (χ1) is 7.66. The highest BCUT2D eigenvalue weighted by molar-refractivity contribution is 9.10. The molecule has 0 radical (unpaired) electrons. The first-order valence-electron chi connectivity index (χ1n) is 4.74. The third-order valence-corrected chi connectivity index (χ3v) is 4.85. The van der Waals surface area contributed by atoms with Gasteiger partial charge in [-0.05, 0) is 35.0 Å². The van der Waals surface area contributed by atoms with Crippen LogP contribution in [0.5, 0.6) is 0 Å². The van der Waals surface area contributed by atoms with E-state index in [1.807, 2.05) is 0 Å². The second kappa shape index (κ2) is 4.99. The van der Waals surface area contributed by atoms with Crippen molar-refractivity contribution < 1.29 is 17.2 Å². The van der Waals surface area contributed by atoms with Crippen LogP contribution < -0.4 is 5.73 Å². The number of sulfone groups is 1. The van der Waals surface area contributed by atoms with Crippen LogP contribution in [-0.4, -0.2) is 19.9 Å². The Morgan fingerprint density at radius 2 is 1.88 bits per heavy atom. The van der Waals surface area contributed by atoms with E-state index < -0.39 is 38.3 Å². The lowest BCUT2D eigenvalue weighted by molar-refractivity contribution is 0.509. The van der Waals surface area contributed by atoms with Gasteiger partial charge in [-0.25, -0.2) is 17.2 Å². The van der Waals surface area contributed by atoms with E-state index in [-0.39, 0.29) is 4.47 Å². The van der Waals surface area contributed by atoms with Gasteiger partial charge in [0.2, 0.25) is 0 Å². The lowest BCUT2D eigenvalue weighted by Crippen LogP contribution is -2.32. The lowest BCUT2D eigenvalue weighted by atomic mass is 10.0. The van der Waals surface area contributed by atoms with E-state index in [1.165, 1.54) is 13.0 Å². The molecule has 0 aliphatic carbocycles. The molecule has 1 aromatic carbocycles. The van der Waals surface area contributed by atoms with E-state index >= 15 is 0 Å². The van der Waals surface area contributed by atoms with Crippen molar-refractivity contribution in [2.75, 3.05) is 6.26 Å². The van der Waals surface area contributed by atoms with Gasteiger partial charge in [0, 0.05) is 11.8 Å². The number of hydrogen-bond donors (Lipinski definition) is 1. The summed E-state index contributed by atoms with van der Waals surface area (Å²) in [7, 11) is -3.47. The first-order valence-corrected chi connectivity index (χ1v) is 7.49. The highest BCUT2D eigenvalue weighted by atomic mass is 79.9. The molecule has 0 heterocycles. The quantitative estimate of drug-likeness (QED) is 0.865. The fourth-order valence-corrected chi connectivity index (χ4v) is 2.36. The maximum atomic E-state index is 13.7. The first kappa shape index (κ1) is 14.5. The predicted molar refractivity (Wildman–Crippen MR) is 65.3 cm³/mol. The van der Waals surface area contributed by atoms with Crippen LogP contribution in [-0.2, 0) is 9.84 Å². The Morgan fingerprint density at radius 1 is 1.35 bits per heavy atom. The van der Waals surface area contributed by atoms with Crippen LogP contribution in [0.1, 0.15) is 18.5 Å². The summed E-state index contributed by atoms with van der Waals surface area (Å²) in [6, 6.07) is 0.992. The molecule has 0 aliphatic heterocycles. The summed E-state index contributed by atoms with van der Waals surface area (Å²) in [5.41, 5.74) is 5.20. The highest BCUT2D eigenvalue weighted by Crippen LogP contribution is 2.28. The van der Waals surface area contributed by atoms with Crippen LogP contribution in [0, 0.1) is 11.6 Å². The SMILES string of the molecule is CC(C(N)c1c(F)ccc(Br)c1F)S(C)(=O)=O. The maximum Gasteiger partial charge on any atom is 0.151 e. The van der Waals surface area contributed by atoms with Crippen molar-refractivity contribution in [1.29, 1.82) is 0 Å². The molecule has 1 rings (SSSR count). The minimum absolute atomic E-state index is 0.0463. The van der Waals surface area contributed by atoms with E-state index in [0.29, 0.717) is 0 Å². The Bertz CT molecular complexity index is 533. The van der Waals surface area contributed by atoms with Crippen molar-refractivity contribution in [1.82, 2.24) is 0 Å². The van der Waals surface area contributed by atoms with Crippen molar-refractivity contribution in [3.63, 3.8) is 0 Å². The predicted octanol–water partition coefficient (Wildman–Crippen LogP) is 2.16. The summed E-state index contributed by atoms with van der Waals surface area (Å²) in [6.45, 7) is 1.32. The third-order valence-electron chi connectivity index (χ3n) is 2.59. The molecule has 96 valence electrons. The second-order valence-electron chi connectivity index (χ2n) is 3.82. The molecule has 0 bridgehead atoms. The molecule has 0 spiro atoms. The average Bonchev–Trinajstić information content (AvgIpc) is 2.21. The standard InChI is InChI=1S/C10H12BrF2NO2S/c1-5(17(2,15)16)10(14)8-7(12)4-3-6(11)9(8)13/h3-5,10H,14H2,1-2H3. The molecule has 7 heteroatoms. The minimum atomic E-state index is -3.47. The van der Waals surface area contributed by atoms with Crippen LogP contribution in [0.25, 0.3) is 0 Å². The lowest BCUT2D eigenvalue weighted by Gasteiger charge is -2.20. The van der Waals surface area contributed by atoms with Crippen LogP contribution in [0.15, 0.2) is 16.6 Å². The second-order valence-corrected chi connectivity index (χ2v) is 7.07. The summed E-state index contributed by atoms with van der Waals surface area (Å²) in [6.07, 6.45) is 0.978. The van der Waals surface area contributed by atoms with Crippen molar-refractivity contribution in [3.05, 3.63) is 33.8 Å². The summed E-state index contributed by atoms with van der Waals surface area (Å²) in [4.78, 5) is 0. The number of hydrogen-bond acceptors (Lipinski definition) is 3. The normalized spacial score (nSPS) is 15.6. The monoisotopic (exact) mass is 327 g/mol. The van der Waals surface area contributed by atoms with Gasteiger partial charge in [0.1, 0.15) is 11.6 Å². The fourth-order valence-electron chi connectivity index (χ4n) is 1.35. The van der Waals surface area contributed by atoms with Gasteiger partial charge in [0.25, 0.3) is 0 Å². The number of rotatable bonds is 3. The average molecular weight is 328 g/mol. The molecule has 0 fully saturated rings. The van der Waals surface area contributed by atoms with E-state index in [9.17, 15) is 17.2 Å². The molecular weight excluding hydrogens is 316 g/mol. The topological polar surface area (TPSA) is 60.2 Å². The smallest absolute Gasteiger partial charge is 0.151 e. The molecule has 3 nitrogen and oxygen atoms in total. The molecule has 17 heavy (non-hydrogen) atoms. The zero-order chi connectivity index (χ0) is 13.4. The summed E-state index contributed by atoms with van der Waals surface area (Å²) in [5.74, 6) is -1.72. The van der Waals surface area contributed by atoms with Gasteiger partial charge < -0.3 is 5.73 Å². The van der Waals surface area contributed by atoms with Crippen LogP contribution in [0.3, 0.4) is 0 Å². The van der Waals surface area contributed by atoms with E-state index in [0.717, 1.165) is 12.3 Å². The van der Waals surface area contributed by atoms with Gasteiger partial charge in [0.05, 0.1) is 15.8 Å². The Labute approximate surface area is 107 Å². The molecule has 2 atom stereocenters. The summed E-state index contributed by atoms with van der Waals surface area (Å²) < 4.78 is 49.9. The van der Waals surface area contributed by atoms with Gasteiger partial charge in [-0.2, -0.15) is 0 Å². The van der Waals surface area contributed by atoms with Crippen molar-refractivity contribution in [3.8, 4) is 0 Å². The molecular formula is C10H12BrF2NO2S. The van der Waals surface area contributed by atoms with Gasteiger partial charge in [-0.15, -0.1) is 0 Å². The molecule has 2 N–H and O–H groups in total. The van der Waals surface area contributed by atoms with Crippen molar-refractivity contribution in [2.45, 2.75) is 18.2 Å².